The molecule has 6 aliphatic carbocycles. The Hall–Kier alpha value is -6.98. The van der Waals surface area contributed by atoms with Crippen LogP contribution in [0.5, 0.6) is 0 Å². The third-order valence-electron chi connectivity index (χ3n) is 19.5. The van der Waals surface area contributed by atoms with Crippen LogP contribution in [0.1, 0.15) is 453 Å². The number of pyridine rings is 3. The molecular weight excluding hydrogens is 1250 g/mol. The summed E-state index contributed by atoms with van der Waals surface area (Å²) in [5.74, 6) is -11.5. The van der Waals surface area contributed by atoms with Crippen LogP contribution in [0.15, 0.2) is 97.8 Å². The largest absolute Gasteiger partial charge is 1.00 e. The molecule has 0 amide bonds. The zero-order valence-corrected chi connectivity index (χ0v) is 55.2. The molecule has 6 fully saturated rings. The Morgan fingerprint density at radius 1 is 0.505 bits per heavy atom. The zero-order chi connectivity index (χ0) is 210. The van der Waals surface area contributed by atoms with Crippen LogP contribution in [0.4, 0.5) is 39.5 Å². The van der Waals surface area contributed by atoms with Crippen LogP contribution in [0, 0.1) is 70.1 Å². The molecule has 6 saturated carbocycles. The number of fused-ring (bicyclic) bond motifs is 2. The number of imidazole rings is 2. The second-order valence-electron chi connectivity index (χ2n) is 25.7. The Morgan fingerprint density at radius 3 is 1.29 bits per heavy atom. The van der Waals surface area contributed by atoms with Crippen molar-refractivity contribution in [3.05, 3.63) is 206 Å². The molecule has 3 radical (unpaired) electrons. The third kappa shape index (κ3) is 16.4. The van der Waals surface area contributed by atoms with Crippen molar-refractivity contribution >= 4 is 43.0 Å². The van der Waals surface area contributed by atoms with E-state index in [4.69, 9.17) is 220 Å². The van der Waals surface area contributed by atoms with Crippen LogP contribution in [0.3, 0.4) is 0 Å². The van der Waals surface area contributed by atoms with Gasteiger partial charge in [-0.05, 0) is 227 Å². The molecule has 0 aliphatic heterocycles. The second-order valence-corrected chi connectivity index (χ2v) is 25.7. The van der Waals surface area contributed by atoms with E-state index in [1.165, 1.54) is 37.6 Å². The monoisotopic (exact) mass is 1620 g/mol. The van der Waals surface area contributed by atoms with Crippen LogP contribution >= 0.6 is 0 Å². The number of aromatic nitrogens is 5. The van der Waals surface area contributed by atoms with Crippen molar-refractivity contribution in [3.8, 4) is 0 Å². The molecule has 1 atom stereocenters. The maximum Gasteiger partial charge on any atom is 1.00 e. The maximum absolute atomic E-state index is 14.2. The molecular formula is C72H220BF9N6NaO6. The minimum absolute atomic E-state index is 0. The van der Waals surface area contributed by atoms with Gasteiger partial charge in [-0.25, -0.2) is 54.5 Å². The number of rotatable bonds is 13. The normalized spacial score (nSPS) is 27.1. The van der Waals surface area contributed by atoms with E-state index in [-0.39, 0.29) is 111 Å². The molecule has 1 unspecified atom stereocenters. The Labute approximate surface area is 794 Å². The second kappa shape index (κ2) is 31.5. The molecule has 0 saturated heterocycles. The number of carbonyl (C=O) groups is 4. The topological polar surface area (TPSA) is 171 Å². The van der Waals surface area contributed by atoms with Crippen molar-refractivity contribution in [1.82, 2.24) is 23.8 Å². The molecule has 3 aromatic carbocycles. The maximum atomic E-state index is 14.2. The smallest absolute Gasteiger partial charge is 1.00 e. The molecule has 6 aliphatic rings. The van der Waals surface area contributed by atoms with Crippen LogP contribution < -0.4 is 35.3 Å². The van der Waals surface area contributed by atoms with Gasteiger partial charge in [0.1, 0.15) is 5.69 Å². The first-order valence-electron chi connectivity index (χ1n) is 104. The number of benzene rings is 3. The minimum atomic E-state index is -1.42. The minimum Gasteiger partial charge on any atom is -1.00 e. The molecule has 23 heteroatoms. The van der Waals surface area contributed by atoms with Crippen LogP contribution in [0.2, 0.25) is 0 Å². The van der Waals surface area contributed by atoms with E-state index < -0.39 is 70.4 Å². The number of carbonyl (C=O) groups excluding carboxylic acids is 4. The first-order valence-corrected chi connectivity index (χ1v) is 32.2. The van der Waals surface area contributed by atoms with Crippen molar-refractivity contribution in [2.45, 2.75) is 178 Å². The Kier molecular flexibility index (Phi) is 7.83. The average Bonchev–Trinajstić information content (AvgIpc) is 1.62. The number of halogens is 9. The summed E-state index contributed by atoms with van der Waals surface area (Å²) in [5, 5.41) is 11.3. The molecule has 14 rings (SSSR count). The standard InChI is InChI=1S/C23H23F3N2O.C23H21F3N2O.C22H23F3N2O.C4H6O3.B.Na.73H2.H/c2*24-19-10-9-17(20(25)21(19)26)13-3-5-15(6-4-13)23(29)22-18(14-1-2-14)8-7-16-11-27-12-28(16)22;23-18-10-9-16(19(24)20(18)25)12-3-5-14(6-4-12)22(28)21-17(13-1-2-13)8-7-15(11-26)27-21;1-3(5)7-4(2)6;;;;;;;;;;;;;;;;;;;;;;;;;;;;;;;;;;;;;;;;;;;;;;;;;;;;;;;;;;;;;;;;;;;;;;;;;;;;/h7-15,23,29H,1-6H2;7-15H,1-6H2;7-10,12-14H,1-6,11,26H2;1-2H3;;;73*1H;/q;;;;;+1;;;;;;;;;;;;;;;;;;;;;;;;;;;;;;;;;;;;;;;;;;;;;;;;;;;;;;;;;;;;;;;;;;;;;;;;;;-1/i;;;;;;72*1+1D;1+1;. The van der Waals surface area contributed by atoms with Gasteiger partial charge in [-0.15, -0.1) is 0 Å². The van der Waals surface area contributed by atoms with Crippen LogP contribution in [0.25, 0.3) is 11.0 Å². The summed E-state index contributed by atoms with van der Waals surface area (Å²) >= 11 is 0. The molecule has 0 spiro atoms. The van der Waals surface area contributed by atoms with Gasteiger partial charge in [-0.1, -0.05) is 36.4 Å². The molecule has 5 aromatic heterocycles. The van der Waals surface area contributed by atoms with E-state index in [9.17, 15) is 63.8 Å². The SMILES string of the molecule is CC(=O)OC(C)=O.NCc1ccc(C2CC2)c(C(=O)C2CCC(c3ccc(F)c(F)c3F)CC2)n1.O=C(c1c(C2CC2)ccc2cncn12)C1CCC(c2ccc(F)c(F)c2F)CC1.OC(c1c(C2CC2)ccc2cncn12)C1CCC(c2ccc(F)c(F)c2F)CC1.[2HH].[2H][2H].[2H][2H].[2H][2H].[2H][2H].[2H][2H].[2H][2H].[2H][2H].[2H][2H].[2H][2H].[2H][2H].[2H][2H].[2H][2H].[2H][2H].[2H][2H].[2H][2H].[2H][2H].[2H][2H].[2H][2H].[2H][2H].[2H][2H].[2H][2H].[2H][2H].[2H][2H].[2H][2H].[2H][2H].[2H][2H].[2H][2H].[2H][2H].[2H][2H].[2H][2H].[2H][2H].[2H][2H].[2H][2H].[2H][2H].[2H][2H].[2H][2H].[2H][2H].[2H][2H].[2H][2H].[2H][2H].[2H][2H].[2H][2H].[2H][2H].[2H][2H].[2H][2H].[2H][2H].[2H][2H].[2H][2H].[2H][2H].[2H][2H].[2H][2H].[2H][2H].[2H][2H].[2H][2H].[2H][2H].[2H][2H].[2H][2H].[2H][2H].[2H][2H].[2H][2H].[2H][2H].[2H][2H].[2H][2H].[2H][2H].[2H][2H].[2H][2H].[2H][2H].[2H][2H].[2H][2H].[2H][2H].[2H][2H].[2H][2H].[B].[H-].[Na+]. The number of nitrogens with zero attached hydrogens (tertiary/aromatic N) is 5. The van der Waals surface area contributed by atoms with Crippen molar-refractivity contribution in [1.29, 1.82) is 0 Å². The predicted octanol–water partition coefficient (Wildman–Crippen LogP) is 31.2. The number of ether oxygens (including phenoxy) is 1. The van der Waals surface area contributed by atoms with Crippen molar-refractivity contribution in [3.63, 3.8) is 0 Å². The average molecular weight is 1620 g/mol. The van der Waals surface area contributed by atoms with E-state index in [1.54, 1.807) is 25.0 Å². The van der Waals surface area contributed by atoms with Gasteiger partial charge in [0.15, 0.2) is 63.9 Å². The summed E-state index contributed by atoms with van der Waals surface area (Å²) in [6, 6.07) is 19.0. The van der Waals surface area contributed by atoms with Gasteiger partial charge < -0.3 is 21.4 Å². The van der Waals surface area contributed by atoms with E-state index >= 15 is 0 Å². The first-order chi connectivity index (χ1) is 117. The summed E-state index contributed by atoms with van der Waals surface area (Å²) < 4.78 is 851. The van der Waals surface area contributed by atoms with Crippen molar-refractivity contribution < 1.29 is 315 Å². The van der Waals surface area contributed by atoms with E-state index in [0.717, 1.165) is 90.3 Å². The number of esters is 2. The molecule has 12 nitrogen and oxygen atoms in total. The number of ketones is 2. The molecule has 5 heterocycles. The quantitative estimate of drug-likeness (QED) is 0.0283. The molecule has 95 heavy (non-hydrogen) atoms. The molecule has 0 bridgehead atoms. The number of hydrogen-bond acceptors (Lipinski definition) is 10. The van der Waals surface area contributed by atoms with E-state index in [1.807, 2.05) is 39.1 Å². The third-order valence-corrected chi connectivity index (χ3v) is 19.5. The fourth-order valence-corrected chi connectivity index (χ4v) is 14.1. The summed E-state index contributed by atoms with van der Waals surface area (Å²) in [7, 11) is 0. The fourth-order valence-electron chi connectivity index (χ4n) is 14.1. The van der Waals surface area contributed by atoms with Crippen LogP contribution in [-0.2, 0) is 20.9 Å². The number of Topliss-reactive ketones (excluding diaryl/α,β-unsaturated/α-hetero) is 2. The van der Waals surface area contributed by atoms with Gasteiger partial charge in [-0.2, -0.15) is 0 Å². The summed E-state index contributed by atoms with van der Waals surface area (Å²) in [6.45, 7) is 2.65. The van der Waals surface area contributed by atoms with Gasteiger partial charge in [0, 0.05) is 256 Å². The fraction of sp³-hybridized carbons (Fsp3) is 0.431. The van der Waals surface area contributed by atoms with Crippen LogP contribution in [-0.4, -0.2) is 60.8 Å². The molecule has 8 aromatic rings. The van der Waals surface area contributed by atoms with Crippen molar-refractivity contribution in [2.24, 2.45) is 23.5 Å². The number of hydrogen-bond donors (Lipinski definition) is 2. The van der Waals surface area contributed by atoms with Gasteiger partial charge in [0.2, 0.25) is 0 Å². The summed E-state index contributed by atoms with van der Waals surface area (Å²) in [6.07, 6.45) is 20.4. The van der Waals surface area contributed by atoms with Crippen molar-refractivity contribution in [2.75, 3.05) is 0 Å². The Bertz CT molecular complexity index is 4320. The molecule has 641 valence electrons. The van der Waals surface area contributed by atoms with Gasteiger partial charge in [-0.3, -0.25) is 23.6 Å². The number of aliphatic hydroxyl groups excluding tert-OH is 1. The Balaban J connectivity index is -0.0000000214. The number of aliphatic hydroxyl groups is 1. The summed E-state index contributed by atoms with van der Waals surface area (Å²) in [5.41, 5.74) is 14.4. The first kappa shape index (κ1) is 23.6. The predicted molar refractivity (Wildman–Crippen MR) is 489 cm³/mol. The zero-order valence-electron chi connectivity index (χ0n) is 198. The molecule has 3 N–H and O–H groups in total. The van der Waals surface area contributed by atoms with Gasteiger partial charge in [0.25, 0.3) is 0 Å². The van der Waals surface area contributed by atoms with E-state index in [0.29, 0.717) is 106 Å². The van der Waals surface area contributed by atoms with Gasteiger partial charge in [0.05, 0.1) is 59.3 Å². The van der Waals surface area contributed by atoms with E-state index in [2.05, 4.69) is 25.8 Å². The summed E-state index contributed by atoms with van der Waals surface area (Å²) in [4.78, 5) is 59.1. The number of nitrogens with two attached hydrogens (primary N) is 1. The Morgan fingerprint density at radius 2 is 0.863 bits per heavy atom. The van der Waals surface area contributed by atoms with Gasteiger partial charge >= 0.3 is 41.5 Å².